The number of rotatable bonds is 5. The van der Waals surface area contributed by atoms with Crippen molar-refractivity contribution in [3.8, 4) is 0 Å². The van der Waals surface area contributed by atoms with Gasteiger partial charge in [-0.1, -0.05) is 13.8 Å². The molecule has 0 atom stereocenters. The summed E-state index contributed by atoms with van der Waals surface area (Å²) in [5, 5.41) is 1.02. The van der Waals surface area contributed by atoms with E-state index in [9.17, 15) is 22.0 Å². The normalized spacial score (nSPS) is 17.6. The minimum absolute atomic E-state index is 0.0417. The largest absolute Gasteiger partial charge is 0.289 e. The molecule has 166 valence electrons. The maximum absolute atomic E-state index is 13.6. The Bertz CT molecular complexity index is 1070. The summed E-state index contributed by atoms with van der Waals surface area (Å²) in [5.74, 6) is -3.48. The van der Waals surface area contributed by atoms with Crippen LogP contribution in [0.15, 0.2) is 17.3 Å². The number of fused-ring (bicyclic) bond motifs is 1. The van der Waals surface area contributed by atoms with Crippen molar-refractivity contribution >= 4 is 21.6 Å². The molecule has 11 heteroatoms. The molecule has 0 spiro atoms. The Labute approximate surface area is 174 Å². The van der Waals surface area contributed by atoms with Gasteiger partial charge >= 0.3 is 0 Å². The van der Waals surface area contributed by atoms with E-state index in [0.717, 1.165) is 9.37 Å². The number of piperidine rings is 1. The highest BCUT2D eigenvalue weighted by Crippen LogP contribution is 2.34. The molecule has 30 heavy (non-hydrogen) atoms. The van der Waals surface area contributed by atoms with Crippen LogP contribution >= 0.6 is 0 Å². The van der Waals surface area contributed by atoms with E-state index in [2.05, 4.69) is 4.98 Å². The fraction of sp³-hybridized carbons (Fsp3) is 0.579. The Morgan fingerprint density at radius 2 is 1.90 bits per heavy atom. The highest BCUT2D eigenvalue weighted by molar-refractivity contribution is 7.89. The van der Waals surface area contributed by atoms with Crippen LogP contribution < -0.4 is 0 Å². The topological polar surface area (TPSA) is 84.2 Å². The predicted molar refractivity (Wildman–Crippen MR) is 106 cm³/mol. The first-order valence-electron chi connectivity index (χ1n) is 9.62. The molecule has 0 unspecified atom stereocenters. The average Bonchev–Trinajstić information content (AvgIpc) is 3.05. The summed E-state index contributed by atoms with van der Waals surface area (Å²) < 4.78 is 56.4. The lowest BCUT2D eigenvalue weighted by Crippen LogP contribution is -2.43. The molecule has 0 radical (unpaired) electrons. The number of carbonyl (C=O) groups is 1. The molecule has 1 aliphatic heterocycles. The Morgan fingerprint density at radius 3 is 2.43 bits per heavy atom. The molecule has 1 saturated heterocycles. The van der Waals surface area contributed by atoms with Crippen molar-refractivity contribution in [3.63, 3.8) is 0 Å². The number of pyridine rings is 1. The number of hydrogen-bond acceptors (Lipinski definition) is 5. The lowest BCUT2D eigenvalue weighted by molar-refractivity contribution is -0.0757. The van der Waals surface area contributed by atoms with Crippen molar-refractivity contribution in [2.24, 2.45) is 0 Å². The van der Waals surface area contributed by atoms with Crippen LogP contribution in [0.1, 0.15) is 54.2 Å². The molecule has 2 aromatic heterocycles. The summed E-state index contributed by atoms with van der Waals surface area (Å²) >= 11 is 0. The van der Waals surface area contributed by atoms with Crippen LogP contribution in [-0.2, 0) is 14.9 Å². The SMILES string of the molecule is CON(C)C(=O)c1cc2nc(C(C)C)c(S(=O)(=O)N3CCC(F)(F)CC3)n2cc1C. The second-order valence-electron chi connectivity index (χ2n) is 7.80. The van der Waals surface area contributed by atoms with Crippen molar-refractivity contribution in [3.05, 3.63) is 29.1 Å². The molecular formula is C19H26F2N4O4S. The molecule has 0 saturated carbocycles. The van der Waals surface area contributed by atoms with Gasteiger partial charge in [-0.25, -0.2) is 27.2 Å². The van der Waals surface area contributed by atoms with Gasteiger partial charge in [-0.15, -0.1) is 0 Å². The zero-order valence-electron chi connectivity index (χ0n) is 17.6. The molecule has 0 bridgehead atoms. The number of hydrogen-bond donors (Lipinski definition) is 0. The number of hydroxylamine groups is 2. The maximum atomic E-state index is 13.6. The fourth-order valence-corrected chi connectivity index (χ4v) is 5.32. The first kappa shape index (κ1) is 22.6. The molecule has 2 aromatic rings. The van der Waals surface area contributed by atoms with Gasteiger partial charge in [0.1, 0.15) is 5.65 Å². The van der Waals surface area contributed by atoms with Crippen LogP contribution in [0.25, 0.3) is 5.65 Å². The molecule has 1 fully saturated rings. The number of sulfonamides is 1. The molecule has 0 N–H and O–H groups in total. The standard InChI is InChI=1S/C19H26F2N4O4S/c1-12(2)16-18(30(27,28)24-8-6-19(20,21)7-9-24)25-11-13(3)14(10-15(25)22-16)17(26)23(4)29-5/h10-12H,6-9H2,1-5H3. The second-order valence-corrected chi connectivity index (χ2v) is 9.65. The van der Waals surface area contributed by atoms with Gasteiger partial charge in [0.05, 0.1) is 12.8 Å². The van der Waals surface area contributed by atoms with E-state index >= 15 is 0 Å². The van der Waals surface area contributed by atoms with Crippen LogP contribution in [-0.4, -0.2) is 66.2 Å². The molecule has 1 aliphatic rings. The third kappa shape index (κ3) is 3.93. The molecule has 0 aromatic carbocycles. The Kier molecular flexibility index (Phi) is 5.91. The maximum Gasteiger partial charge on any atom is 0.277 e. The second kappa shape index (κ2) is 7.86. The van der Waals surface area contributed by atoms with E-state index in [1.165, 1.54) is 30.8 Å². The summed E-state index contributed by atoms with van der Waals surface area (Å²) in [5.41, 5.74) is 1.48. The lowest BCUT2D eigenvalue weighted by Gasteiger charge is -2.31. The van der Waals surface area contributed by atoms with Gasteiger partial charge in [0.25, 0.3) is 21.9 Å². The highest BCUT2D eigenvalue weighted by atomic mass is 32.2. The van der Waals surface area contributed by atoms with Crippen LogP contribution in [0.5, 0.6) is 0 Å². The number of halogens is 2. The predicted octanol–water partition coefficient (Wildman–Crippen LogP) is 2.82. The molecule has 3 heterocycles. The van der Waals surface area contributed by atoms with Gasteiger partial charge in [0, 0.05) is 44.7 Å². The van der Waals surface area contributed by atoms with Gasteiger partial charge in [0.2, 0.25) is 0 Å². The van der Waals surface area contributed by atoms with E-state index in [1.54, 1.807) is 6.92 Å². The number of imidazole rings is 1. The number of aryl methyl sites for hydroxylation is 1. The van der Waals surface area contributed by atoms with E-state index in [0.29, 0.717) is 16.8 Å². The first-order valence-corrected chi connectivity index (χ1v) is 11.1. The number of carbonyl (C=O) groups excluding carboxylic acids is 1. The van der Waals surface area contributed by atoms with Gasteiger partial charge < -0.3 is 0 Å². The summed E-state index contributed by atoms with van der Waals surface area (Å²) in [6.45, 7) is 4.79. The summed E-state index contributed by atoms with van der Waals surface area (Å²) in [6.07, 6.45) is 0.512. The fourth-order valence-electron chi connectivity index (χ4n) is 3.48. The summed E-state index contributed by atoms with van der Waals surface area (Å²) in [7, 11) is -1.22. The molecular weight excluding hydrogens is 418 g/mol. The zero-order chi connectivity index (χ0) is 22.4. The van der Waals surface area contributed by atoms with Gasteiger partial charge in [0.15, 0.2) is 5.03 Å². The monoisotopic (exact) mass is 444 g/mol. The quantitative estimate of drug-likeness (QED) is 0.662. The Morgan fingerprint density at radius 1 is 1.30 bits per heavy atom. The van der Waals surface area contributed by atoms with Crippen molar-refractivity contribution < 1.29 is 26.8 Å². The summed E-state index contributed by atoms with van der Waals surface area (Å²) in [4.78, 5) is 21.9. The number of amides is 1. The lowest BCUT2D eigenvalue weighted by atomic mass is 10.1. The molecule has 0 aliphatic carbocycles. The average molecular weight is 445 g/mol. The van der Waals surface area contributed by atoms with Crippen molar-refractivity contribution in [1.82, 2.24) is 18.8 Å². The van der Waals surface area contributed by atoms with E-state index in [-0.39, 0.29) is 29.7 Å². The Balaban J connectivity index is 2.15. The van der Waals surface area contributed by atoms with E-state index < -0.39 is 34.7 Å². The van der Waals surface area contributed by atoms with E-state index in [4.69, 9.17) is 4.84 Å². The minimum Gasteiger partial charge on any atom is -0.289 e. The third-order valence-electron chi connectivity index (χ3n) is 5.32. The van der Waals surface area contributed by atoms with Crippen LogP contribution in [0.3, 0.4) is 0 Å². The molecule has 3 rings (SSSR count). The van der Waals surface area contributed by atoms with Gasteiger partial charge in [-0.2, -0.15) is 4.31 Å². The smallest absolute Gasteiger partial charge is 0.277 e. The van der Waals surface area contributed by atoms with Gasteiger partial charge in [-0.05, 0) is 24.5 Å². The Hall–Kier alpha value is -2.11. The van der Waals surface area contributed by atoms with Crippen molar-refractivity contribution in [2.45, 2.75) is 50.5 Å². The number of alkyl halides is 2. The third-order valence-corrected chi connectivity index (χ3v) is 7.26. The van der Waals surface area contributed by atoms with Crippen LogP contribution in [0, 0.1) is 6.92 Å². The zero-order valence-corrected chi connectivity index (χ0v) is 18.5. The van der Waals surface area contributed by atoms with Crippen molar-refractivity contribution in [1.29, 1.82) is 0 Å². The van der Waals surface area contributed by atoms with Crippen LogP contribution in [0.4, 0.5) is 8.78 Å². The first-order chi connectivity index (χ1) is 13.9. The van der Waals surface area contributed by atoms with Crippen LogP contribution in [0.2, 0.25) is 0 Å². The number of nitrogens with zero attached hydrogens (tertiary/aromatic N) is 4. The number of aromatic nitrogens is 2. The minimum atomic E-state index is -4.06. The molecule has 1 amide bonds. The van der Waals surface area contributed by atoms with E-state index in [1.807, 2.05) is 13.8 Å². The summed E-state index contributed by atoms with van der Waals surface area (Å²) in [6, 6.07) is 1.52. The van der Waals surface area contributed by atoms with Gasteiger partial charge in [-0.3, -0.25) is 14.0 Å². The molecule has 8 nitrogen and oxygen atoms in total. The highest BCUT2D eigenvalue weighted by Gasteiger charge is 2.41. The van der Waals surface area contributed by atoms with Crippen molar-refractivity contribution in [2.75, 3.05) is 27.2 Å².